The molecule has 2 heterocycles. The molecule has 1 saturated carbocycles. The second-order valence-corrected chi connectivity index (χ2v) is 11.7. The van der Waals surface area contributed by atoms with Gasteiger partial charge in [-0.2, -0.15) is 0 Å². The predicted molar refractivity (Wildman–Crippen MR) is 168 cm³/mol. The molecule has 1 unspecified atom stereocenters. The van der Waals surface area contributed by atoms with Crippen LogP contribution in [0.5, 0.6) is 0 Å². The predicted octanol–water partition coefficient (Wildman–Crippen LogP) is 1.91. The van der Waals surface area contributed by atoms with Crippen LogP contribution in [-0.4, -0.2) is 103 Å². The maximum Gasteiger partial charge on any atom is 0.223 e. The summed E-state index contributed by atoms with van der Waals surface area (Å²) in [6.45, 7) is 6.63. The number of amides is 2. The Bertz CT molecular complexity index is 1020. The van der Waals surface area contributed by atoms with E-state index in [0.717, 1.165) is 32.3 Å². The number of rotatable bonds is 19. The van der Waals surface area contributed by atoms with E-state index in [-0.39, 0.29) is 36.1 Å². The van der Waals surface area contributed by atoms with Crippen LogP contribution in [0.15, 0.2) is 41.3 Å². The molecule has 12 nitrogen and oxygen atoms in total. The highest BCUT2D eigenvalue weighted by Gasteiger charge is 2.37. The van der Waals surface area contributed by atoms with Crippen molar-refractivity contribution >= 4 is 29.3 Å². The SMILES string of the molecule is C=C1N=C(N)C(C=CCNC(=O)C2CCC(C(=O)NCCOCCOCCCCCCCl)CC2)=CN1[C@H]1CC(O)[C@@H](CO)O1. The van der Waals surface area contributed by atoms with Gasteiger partial charge >= 0.3 is 0 Å². The smallest absolute Gasteiger partial charge is 0.223 e. The molecule has 2 fully saturated rings. The lowest BCUT2D eigenvalue weighted by atomic mass is 9.81. The van der Waals surface area contributed by atoms with Crippen molar-refractivity contribution in [2.24, 2.45) is 22.6 Å². The molecule has 3 rings (SSSR count). The molecular weight excluding hydrogens is 590 g/mol. The van der Waals surface area contributed by atoms with Gasteiger partial charge < -0.3 is 45.7 Å². The molecule has 0 spiro atoms. The summed E-state index contributed by atoms with van der Waals surface area (Å²) in [6.07, 6.45) is 10.7. The maximum absolute atomic E-state index is 12.7. The van der Waals surface area contributed by atoms with Crippen LogP contribution in [0.1, 0.15) is 57.8 Å². The van der Waals surface area contributed by atoms with E-state index in [1.165, 1.54) is 0 Å². The van der Waals surface area contributed by atoms with E-state index in [9.17, 15) is 19.8 Å². The Morgan fingerprint density at radius 2 is 1.73 bits per heavy atom. The fourth-order valence-electron chi connectivity index (χ4n) is 5.45. The second-order valence-electron chi connectivity index (χ2n) is 11.3. The van der Waals surface area contributed by atoms with Gasteiger partial charge in [0.15, 0.2) is 0 Å². The molecule has 6 N–H and O–H groups in total. The molecule has 2 amide bonds. The van der Waals surface area contributed by atoms with Crippen molar-refractivity contribution in [1.29, 1.82) is 0 Å². The van der Waals surface area contributed by atoms with E-state index in [4.69, 9.17) is 31.5 Å². The van der Waals surface area contributed by atoms with Crippen LogP contribution in [0.4, 0.5) is 0 Å². The first-order valence-corrected chi connectivity index (χ1v) is 16.3. The summed E-state index contributed by atoms with van der Waals surface area (Å²) in [6, 6.07) is 0. The standard InChI is InChI=1S/C31H50ClN5O7/c1-22-36-29(33)25(20-37(22)28-19-26(39)27(21-38)44-28)7-6-13-34-30(40)23-8-10-24(11-9-23)31(41)35-14-16-43-18-17-42-15-5-3-2-4-12-32/h6-7,20,23-24,26-28,38-39H,1-5,8-19,21H2,(H2,33,36)(H,34,40)(H,35,41)/t23?,24?,26?,27-,28-/m1/s1. The number of nitrogens with two attached hydrogens (primary N) is 1. The molecular formula is C31H50ClN5O7. The minimum atomic E-state index is -0.782. The van der Waals surface area contributed by atoms with Gasteiger partial charge in [0.1, 0.15) is 24.0 Å². The number of aliphatic hydroxyl groups excluding tert-OH is 2. The van der Waals surface area contributed by atoms with E-state index >= 15 is 0 Å². The van der Waals surface area contributed by atoms with Crippen LogP contribution in [0, 0.1) is 11.8 Å². The third kappa shape index (κ3) is 11.8. The first-order valence-electron chi connectivity index (χ1n) is 15.7. The number of halogens is 1. The first kappa shape index (κ1) is 36.0. The Labute approximate surface area is 265 Å². The zero-order valence-corrected chi connectivity index (χ0v) is 26.4. The number of hydrogen-bond donors (Lipinski definition) is 5. The Hall–Kier alpha value is -2.48. The number of nitrogens with one attached hydrogen (secondary N) is 2. The van der Waals surface area contributed by atoms with Crippen molar-refractivity contribution in [2.75, 3.05) is 52.0 Å². The number of unbranched alkanes of at least 4 members (excludes halogenated alkanes) is 3. The van der Waals surface area contributed by atoms with Gasteiger partial charge in [-0.05, 0) is 38.5 Å². The van der Waals surface area contributed by atoms with Crippen molar-refractivity contribution in [2.45, 2.75) is 76.2 Å². The second kappa shape index (κ2) is 19.8. The highest BCUT2D eigenvalue weighted by atomic mass is 35.5. The number of amidine groups is 1. The number of aliphatic hydroxyl groups is 2. The molecule has 3 aliphatic rings. The Morgan fingerprint density at radius 3 is 2.39 bits per heavy atom. The zero-order chi connectivity index (χ0) is 31.7. The third-order valence-corrected chi connectivity index (χ3v) is 8.33. The molecule has 0 aromatic carbocycles. The highest BCUT2D eigenvalue weighted by molar-refractivity contribution is 6.17. The summed E-state index contributed by atoms with van der Waals surface area (Å²) in [5.41, 5.74) is 6.69. The molecule has 2 aliphatic heterocycles. The molecule has 44 heavy (non-hydrogen) atoms. The van der Waals surface area contributed by atoms with E-state index in [1.54, 1.807) is 23.3 Å². The lowest BCUT2D eigenvalue weighted by Crippen LogP contribution is -2.38. The van der Waals surface area contributed by atoms with Crippen molar-refractivity contribution < 1.29 is 34.0 Å². The van der Waals surface area contributed by atoms with Gasteiger partial charge in [-0.1, -0.05) is 31.6 Å². The summed E-state index contributed by atoms with van der Waals surface area (Å²) < 4.78 is 16.8. The lowest BCUT2D eigenvalue weighted by Gasteiger charge is -2.30. The number of nitrogens with zero attached hydrogens (tertiary/aromatic N) is 2. The van der Waals surface area contributed by atoms with E-state index in [1.807, 2.05) is 0 Å². The van der Waals surface area contributed by atoms with Gasteiger partial charge in [-0.25, -0.2) is 4.99 Å². The van der Waals surface area contributed by atoms with Gasteiger partial charge in [-0.3, -0.25) is 9.59 Å². The van der Waals surface area contributed by atoms with Gasteiger partial charge in [0.25, 0.3) is 0 Å². The van der Waals surface area contributed by atoms with Crippen molar-refractivity contribution in [3.8, 4) is 0 Å². The van der Waals surface area contributed by atoms with Gasteiger partial charge in [0, 0.05) is 55.6 Å². The van der Waals surface area contributed by atoms with E-state index in [2.05, 4.69) is 22.2 Å². The van der Waals surface area contributed by atoms with Gasteiger partial charge in [0.05, 0.1) is 32.5 Å². The highest BCUT2D eigenvalue weighted by Crippen LogP contribution is 2.30. The number of alkyl halides is 1. The molecule has 3 atom stereocenters. The Morgan fingerprint density at radius 1 is 1.07 bits per heavy atom. The molecule has 1 aliphatic carbocycles. The van der Waals surface area contributed by atoms with E-state index < -0.39 is 18.4 Å². The van der Waals surface area contributed by atoms with Gasteiger partial charge in [-0.15, -0.1) is 11.6 Å². The van der Waals surface area contributed by atoms with Crippen LogP contribution in [-0.2, 0) is 23.8 Å². The normalized spacial score (nSPS) is 25.7. The molecule has 0 aromatic heterocycles. The fourth-order valence-corrected chi connectivity index (χ4v) is 5.64. The average molecular weight is 640 g/mol. The first-order chi connectivity index (χ1) is 21.3. The van der Waals surface area contributed by atoms with Crippen molar-refractivity contribution in [3.05, 3.63) is 36.3 Å². The zero-order valence-electron chi connectivity index (χ0n) is 25.6. The van der Waals surface area contributed by atoms with Crippen molar-refractivity contribution in [1.82, 2.24) is 15.5 Å². The summed E-state index contributed by atoms with van der Waals surface area (Å²) in [5.74, 6) is 1.15. The molecule has 0 radical (unpaired) electrons. The summed E-state index contributed by atoms with van der Waals surface area (Å²) in [5, 5.41) is 25.3. The molecule has 13 heteroatoms. The molecule has 1 saturated heterocycles. The Balaban J connectivity index is 1.27. The number of carbonyl (C=O) groups excluding carboxylic acids is 2. The quantitative estimate of drug-likeness (QED) is 0.105. The van der Waals surface area contributed by atoms with Crippen molar-refractivity contribution in [3.63, 3.8) is 0 Å². The molecule has 248 valence electrons. The number of ether oxygens (including phenoxy) is 3. The summed E-state index contributed by atoms with van der Waals surface area (Å²) in [4.78, 5) is 31.2. The van der Waals surface area contributed by atoms with Crippen LogP contribution >= 0.6 is 11.6 Å². The van der Waals surface area contributed by atoms with Crippen LogP contribution in [0.3, 0.4) is 0 Å². The topological polar surface area (TPSA) is 168 Å². The fraction of sp³-hybridized carbons (Fsp3) is 0.710. The lowest BCUT2D eigenvalue weighted by molar-refractivity contribution is -0.130. The maximum atomic E-state index is 12.7. The average Bonchev–Trinajstić information content (AvgIpc) is 3.40. The van der Waals surface area contributed by atoms with Crippen LogP contribution in [0.25, 0.3) is 0 Å². The van der Waals surface area contributed by atoms with Gasteiger partial charge in [0.2, 0.25) is 11.8 Å². The summed E-state index contributed by atoms with van der Waals surface area (Å²) in [7, 11) is 0. The number of hydrogen-bond acceptors (Lipinski definition) is 10. The van der Waals surface area contributed by atoms with E-state index in [0.29, 0.717) is 82.3 Å². The van der Waals surface area contributed by atoms with Crippen LogP contribution in [0.2, 0.25) is 0 Å². The largest absolute Gasteiger partial charge is 0.394 e. The minimum absolute atomic E-state index is 0.0183. The van der Waals surface area contributed by atoms with Crippen LogP contribution < -0.4 is 16.4 Å². The monoisotopic (exact) mass is 639 g/mol. The molecule has 0 bridgehead atoms. The number of aliphatic imine (C=N–C) groups is 1. The third-order valence-electron chi connectivity index (χ3n) is 8.07. The minimum Gasteiger partial charge on any atom is -0.394 e. The Kier molecular flexibility index (Phi) is 16.2. The molecule has 0 aromatic rings. The summed E-state index contributed by atoms with van der Waals surface area (Å²) >= 11 is 5.66. The number of carbonyl (C=O) groups is 2.